The van der Waals surface area contributed by atoms with Crippen molar-refractivity contribution in [1.29, 1.82) is 0 Å². The van der Waals surface area contributed by atoms with E-state index < -0.39 is 0 Å². The van der Waals surface area contributed by atoms with Gasteiger partial charge in [-0.25, -0.2) is 4.79 Å². The molecule has 7 nitrogen and oxygen atoms in total. The number of fused-ring (bicyclic) bond motifs is 3. The summed E-state index contributed by atoms with van der Waals surface area (Å²) in [6, 6.07) is 2.88. The number of rotatable bonds is 3. The lowest BCUT2D eigenvalue weighted by atomic mass is 9.86. The molecule has 2 bridgehead atoms. The summed E-state index contributed by atoms with van der Waals surface area (Å²) in [6.45, 7) is 4.82. The minimum atomic E-state index is -0.385. The molecule has 3 aliphatic heterocycles. The van der Waals surface area contributed by atoms with E-state index in [1.165, 1.54) is 34.2 Å². The summed E-state index contributed by atoms with van der Waals surface area (Å²) in [5.74, 6) is 0.0689. The maximum atomic E-state index is 12.5. The molecule has 1 unspecified atom stereocenters. The number of ether oxygens (including phenoxy) is 1. The monoisotopic (exact) mass is 346 g/mol. The normalized spacial score (nSPS) is 25.6. The number of carbonyl (C=O) groups is 1. The Hall–Kier alpha value is -2.06. The lowest BCUT2D eigenvalue weighted by Crippen LogP contribution is -2.51. The Kier molecular flexibility index (Phi) is 3.93. The highest BCUT2D eigenvalue weighted by molar-refractivity contribution is 7.13. The Balaban J connectivity index is 1.55. The van der Waals surface area contributed by atoms with Gasteiger partial charge in [-0.2, -0.15) is 0 Å². The molecule has 3 aliphatic rings. The minimum absolute atomic E-state index is 0.0517. The first-order valence-corrected chi connectivity index (χ1v) is 8.88. The van der Waals surface area contributed by atoms with Crippen molar-refractivity contribution in [3.63, 3.8) is 0 Å². The van der Waals surface area contributed by atoms with Gasteiger partial charge < -0.3 is 4.74 Å². The van der Waals surface area contributed by atoms with Crippen molar-refractivity contribution in [1.82, 2.24) is 19.7 Å². The first kappa shape index (κ1) is 15.5. The zero-order valence-corrected chi connectivity index (χ0v) is 14.2. The van der Waals surface area contributed by atoms with Gasteiger partial charge in [-0.1, -0.05) is 11.3 Å². The van der Waals surface area contributed by atoms with Gasteiger partial charge in [0.25, 0.3) is 5.56 Å². The molecule has 0 aromatic carbocycles. The van der Waals surface area contributed by atoms with Crippen LogP contribution in [0.1, 0.15) is 28.2 Å². The highest BCUT2D eigenvalue weighted by atomic mass is 32.1. The molecular formula is C16H18N4O3S. The second-order valence-electron chi connectivity index (χ2n) is 6.31. The predicted molar refractivity (Wildman–Crippen MR) is 88.6 cm³/mol. The van der Waals surface area contributed by atoms with Crippen LogP contribution in [0.3, 0.4) is 0 Å². The van der Waals surface area contributed by atoms with Crippen LogP contribution in [0, 0.1) is 12.8 Å². The van der Waals surface area contributed by atoms with E-state index in [0.29, 0.717) is 16.6 Å². The molecule has 24 heavy (non-hydrogen) atoms. The molecule has 0 aliphatic carbocycles. The Bertz CT molecular complexity index is 823. The van der Waals surface area contributed by atoms with E-state index in [-0.39, 0.29) is 17.6 Å². The molecule has 3 fully saturated rings. The molecule has 0 radical (unpaired) electrons. The van der Waals surface area contributed by atoms with Gasteiger partial charge in [0.15, 0.2) is 0 Å². The van der Waals surface area contributed by atoms with Gasteiger partial charge in [0.1, 0.15) is 11.1 Å². The van der Waals surface area contributed by atoms with Crippen molar-refractivity contribution >= 4 is 17.3 Å². The number of nitrogens with zero attached hydrogens (tertiary/aromatic N) is 4. The van der Waals surface area contributed by atoms with Crippen LogP contribution in [0.5, 0.6) is 0 Å². The average molecular weight is 346 g/mol. The van der Waals surface area contributed by atoms with Crippen molar-refractivity contribution in [2.24, 2.45) is 5.92 Å². The first-order chi connectivity index (χ1) is 11.6. The van der Waals surface area contributed by atoms with Crippen molar-refractivity contribution < 1.29 is 9.53 Å². The maximum Gasteiger partial charge on any atom is 0.339 e. The predicted octanol–water partition coefficient (Wildman–Crippen LogP) is 1.25. The molecule has 0 N–H and O–H groups in total. The molecule has 3 saturated heterocycles. The van der Waals surface area contributed by atoms with Crippen LogP contribution < -0.4 is 5.56 Å². The van der Waals surface area contributed by atoms with E-state index in [0.717, 1.165) is 37.5 Å². The molecular weight excluding hydrogens is 328 g/mol. The van der Waals surface area contributed by atoms with Crippen LogP contribution in [0.4, 0.5) is 0 Å². The molecule has 2 aromatic heterocycles. The van der Waals surface area contributed by atoms with Gasteiger partial charge in [-0.15, -0.1) is 10.2 Å². The molecule has 0 saturated carbocycles. The molecule has 0 spiro atoms. The Morgan fingerprint density at radius 3 is 2.71 bits per heavy atom. The summed E-state index contributed by atoms with van der Waals surface area (Å²) in [5.41, 5.74) is 0.115. The third-order valence-electron chi connectivity index (χ3n) is 4.72. The fourth-order valence-electron chi connectivity index (χ4n) is 3.39. The van der Waals surface area contributed by atoms with Crippen LogP contribution in [-0.4, -0.2) is 51.4 Å². The maximum absolute atomic E-state index is 12.5. The highest BCUT2D eigenvalue weighted by Crippen LogP contribution is 2.30. The molecule has 8 heteroatoms. The zero-order chi connectivity index (χ0) is 16.7. The van der Waals surface area contributed by atoms with Crippen molar-refractivity contribution in [2.75, 3.05) is 19.6 Å². The number of hydrogen-bond acceptors (Lipinski definition) is 7. The van der Waals surface area contributed by atoms with Gasteiger partial charge in [0.2, 0.25) is 5.13 Å². The topological polar surface area (TPSA) is 77.3 Å². The molecule has 5 rings (SSSR count). The molecule has 126 valence electrons. The minimum Gasteiger partial charge on any atom is -0.457 e. The van der Waals surface area contributed by atoms with Gasteiger partial charge in [-0.3, -0.25) is 14.3 Å². The summed E-state index contributed by atoms with van der Waals surface area (Å²) in [5, 5.41) is 9.10. The number of carbonyl (C=O) groups excluding carboxylic acids is 1. The molecule has 1 atom stereocenters. The quantitative estimate of drug-likeness (QED) is 0.779. The summed E-state index contributed by atoms with van der Waals surface area (Å²) < 4.78 is 7.06. The number of piperidine rings is 3. The third kappa shape index (κ3) is 2.87. The van der Waals surface area contributed by atoms with Crippen LogP contribution in [0.15, 0.2) is 23.1 Å². The molecule has 2 aromatic rings. The SMILES string of the molecule is Cc1nnc(-n2cc(C(=O)OC3CN4CCC3CC4)ccc2=O)s1. The van der Waals surface area contributed by atoms with Gasteiger partial charge >= 0.3 is 5.97 Å². The number of esters is 1. The van der Waals surface area contributed by atoms with Crippen LogP contribution in [-0.2, 0) is 4.74 Å². The number of hydrogen-bond donors (Lipinski definition) is 0. The number of aromatic nitrogens is 3. The Morgan fingerprint density at radius 2 is 2.08 bits per heavy atom. The van der Waals surface area contributed by atoms with E-state index >= 15 is 0 Å². The second-order valence-corrected chi connectivity index (χ2v) is 7.47. The van der Waals surface area contributed by atoms with E-state index in [1.54, 1.807) is 0 Å². The Morgan fingerprint density at radius 1 is 1.29 bits per heavy atom. The average Bonchev–Trinajstić information content (AvgIpc) is 3.02. The second kappa shape index (κ2) is 6.10. The van der Waals surface area contributed by atoms with E-state index in [2.05, 4.69) is 15.1 Å². The van der Waals surface area contributed by atoms with Gasteiger partial charge in [0, 0.05) is 18.8 Å². The molecule has 0 amide bonds. The lowest BCUT2D eigenvalue weighted by Gasteiger charge is -2.43. The summed E-state index contributed by atoms with van der Waals surface area (Å²) >= 11 is 1.30. The third-order valence-corrected chi connectivity index (χ3v) is 5.56. The first-order valence-electron chi connectivity index (χ1n) is 8.07. The van der Waals surface area contributed by atoms with Crippen LogP contribution in [0.2, 0.25) is 0 Å². The smallest absolute Gasteiger partial charge is 0.339 e. The molecule has 5 heterocycles. The zero-order valence-electron chi connectivity index (χ0n) is 13.3. The standard InChI is InChI=1S/C16H18N4O3S/c1-10-17-18-16(24-10)20-8-12(2-3-14(20)21)15(22)23-13-9-19-6-4-11(13)5-7-19/h2-3,8,11,13H,4-7,9H2,1H3. The largest absolute Gasteiger partial charge is 0.457 e. The summed E-state index contributed by atoms with van der Waals surface area (Å²) in [7, 11) is 0. The number of pyridine rings is 1. The van der Waals surface area contributed by atoms with Crippen LogP contribution >= 0.6 is 11.3 Å². The highest BCUT2D eigenvalue weighted by Gasteiger charge is 2.36. The van der Waals surface area contributed by atoms with Gasteiger partial charge in [-0.05, 0) is 44.8 Å². The van der Waals surface area contributed by atoms with Crippen molar-refractivity contribution in [2.45, 2.75) is 25.9 Å². The lowest BCUT2D eigenvalue weighted by molar-refractivity contribution is -0.0456. The van der Waals surface area contributed by atoms with E-state index in [9.17, 15) is 9.59 Å². The number of aryl methyl sites for hydroxylation is 1. The van der Waals surface area contributed by atoms with Crippen LogP contribution in [0.25, 0.3) is 5.13 Å². The summed E-state index contributed by atoms with van der Waals surface area (Å²) in [6.07, 6.45) is 3.61. The fraction of sp³-hybridized carbons (Fsp3) is 0.500. The Labute approximate surface area is 142 Å². The van der Waals surface area contributed by atoms with Crippen molar-refractivity contribution in [3.05, 3.63) is 39.3 Å². The van der Waals surface area contributed by atoms with E-state index in [4.69, 9.17) is 4.74 Å². The van der Waals surface area contributed by atoms with E-state index in [1.807, 2.05) is 6.92 Å². The fourth-order valence-corrected chi connectivity index (χ4v) is 4.06. The van der Waals surface area contributed by atoms with Gasteiger partial charge in [0.05, 0.1) is 5.56 Å². The summed E-state index contributed by atoms with van der Waals surface area (Å²) in [4.78, 5) is 26.9. The van der Waals surface area contributed by atoms with Crippen molar-refractivity contribution in [3.8, 4) is 5.13 Å².